The Morgan fingerprint density at radius 1 is 1.42 bits per heavy atom. The first-order valence-electron chi connectivity index (χ1n) is 9.58. The van der Waals surface area contributed by atoms with Gasteiger partial charge in [0, 0.05) is 35.7 Å². The molecule has 0 saturated heterocycles. The largest absolute Gasteiger partial charge is 0.357 e. The summed E-state index contributed by atoms with van der Waals surface area (Å²) in [5, 5.41) is 13.8. The second-order valence-electron chi connectivity index (χ2n) is 7.24. The highest BCUT2D eigenvalue weighted by molar-refractivity contribution is 7.10. The number of hydrogen-bond acceptors (Lipinski definition) is 4. The number of aliphatic imine (C=N–C) groups is 1. The molecule has 2 aromatic rings. The van der Waals surface area contributed by atoms with Crippen LogP contribution in [0.1, 0.15) is 62.5 Å². The lowest BCUT2D eigenvalue weighted by atomic mass is 10.1. The van der Waals surface area contributed by atoms with Gasteiger partial charge in [0.15, 0.2) is 11.8 Å². The fourth-order valence-electron chi connectivity index (χ4n) is 3.09. The van der Waals surface area contributed by atoms with Crippen molar-refractivity contribution in [2.24, 2.45) is 4.99 Å². The normalized spacial score (nSPS) is 18.7. The van der Waals surface area contributed by atoms with Crippen molar-refractivity contribution in [3.8, 4) is 0 Å². The molecule has 26 heavy (non-hydrogen) atoms. The van der Waals surface area contributed by atoms with E-state index in [-0.39, 0.29) is 0 Å². The fraction of sp³-hybridized carbons (Fsp3) is 0.632. The summed E-state index contributed by atoms with van der Waals surface area (Å²) in [6, 6.07) is 4.62. The molecule has 0 fully saturated rings. The third kappa shape index (κ3) is 4.63. The Morgan fingerprint density at radius 2 is 2.27 bits per heavy atom. The van der Waals surface area contributed by atoms with Crippen molar-refractivity contribution in [2.75, 3.05) is 13.1 Å². The lowest BCUT2D eigenvalue weighted by Crippen LogP contribution is -2.47. The molecule has 2 unspecified atom stereocenters. The van der Waals surface area contributed by atoms with Crippen LogP contribution in [-0.2, 0) is 13.0 Å². The van der Waals surface area contributed by atoms with Crippen molar-refractivity contribution in [3.05, 3.63) is 34.0 Å². The minimum atomic E-state index is 0.332. The van der Waals surface area contributed by atoms with Gasteiger partial charge in [-0.3, -0.25) is 4.99 Å². The van der Waals surface area contributed by atoms with Gasteiger partial charge in [-0.25, -0.2) is 9.67 Å². The van der Waals surface area contributed by atoms with Crippen molar-refractivity contribution in [1.29, 1.82) is 0 Å². The Bertz CT molecular complexity index is 718. The van der Waals surface area contributed by atoms with Gasteiger partial charge in [-0.1, -0.05) is 26.8 Å². The van der Waals surface area contributed by atoms with Gasteiger partial charge in [-0.05, 0) is 24.8 Å². The van der Waals surface area contributed by atoms with Gasteiger partial charge in [0.2, 0.25) is 0 Å². The highest BCUT2D eigenvalue weighted by Crippen LogP contribution is 2.21. The SMILES string of the molecule is CCNC(=NCC(C)c1cccs1)NC1CCc2nc(C(C)C)nn2C1. The molecule has 0 spiro atoms. The number of aromatic nitrogens is 3. The van der Waals surface area contributed by atoms with Gasteiger partial charge >= 0.3 is 0 Å². The first-order chi connectivity index (χ1) is 12.6. The molecule has 3 rings (SSSR count). The average Bonchev–Trinajstić information content (AvgIpc) is 3.28. The van der Waals surface area contributed by atoms with E-state index in [2.05, 4.69) is 70.6 Å². The summed E-state index contributed by atoms with van der Waals surface area (Å²) in [6.07, 6.45) is 2.02. The molecule has 1 aliphatic heterocycles. The van der Waals surface area contributed by atoms with Crippen LogP contribution >= 0.6 is 11.3 Å². The first-order valence-corrected chi connectivity index (χ1v) is 10.5. The van der Waals surface area contributed by atoms with Crippen LogP contribution in [0.4, 0.5) is 0 Å². The van der Waals surface area contributed by atoms with E-state index in [0.29, 0.717) is 17.9 Å². The highest BCUT2D eigenvalue weighted by atomic mass is 32.1. The molecule has 0 bridgehead atoms. The number of hydrogen-bond donors (Lipinski definition) is 2. The standard InChI is InChI=1S/C19H30N6S/c1-5-20-19(21-11-14(4)16-7-6-10-26-16)22-15-8-9-17-23-18(13(2)3)24-25(17)12-15/h6-7,10,13-15H,5,8-9,11-12H2,1-4H3,(H2,20,21,22). The molecule has 7 heteroatoms. The number of fused-ring (bicyclic) bond motifs is 1. The maximum absolute atomic E-state index is 4.81. The average molecular weight is 375 g/mol. The number of guanidine groups is 1. The first kappa shape index (κ1) is 18.9. The Labute approximate surface area is 160 Å². The number of aryl methyl sites for hydroxylation is 1. The molecule has 0 aromatic carbocycles. The van der Waals surface area contributed by atoms with E-state index in [4.69, 9.17) is 4.99 Å². The summed E-state index contributed by atoms with van der Waals surface area (Å²) >= 11 is 1.80. The third-order valence-electron chi connectivity index (χ3n) is 4.63. The molecule has 0 radical (unpaired) electrons. The number of nitrogens with zero attached hydrogens (tertiary/aromatic N) is 4. The van der Waals surface area contributed by atoms with Gasteiger partial charge in [-0.15, -0.1) is 11.3 Å². The van der Waals surface area contributed by atoms with Crippen molar-refractivity contribution >= 4 is 17.3 Å². The predicted octanol–water partition coefficient (Wildman–Crippen LogP) is 3.14. The molecule has 0 amide bonds. The van der Waals surface area contributed by atoms with Crippen LogP contribution in [0.2, 0.25) is 0 Å². The fourth-order valence-corrected chi connectivity index (χ4v) is 3.87. The minimum Gasteiger partial charge on any atom is -0.357 e. The molecular formula is C19H30N6S. The van der Waals surface area contributed by atoms with Gasteiger partial charge in [-0.2, -0.15) is 5.10 Å². The second kappa shape index (κ2) is 8.66. The Morgan fingerprint density at radius 3 is 2.96 bits per heavy atom. The summed E-state index contributed by atoms with van der Waals surface area (Å²) < 4.78 is 2.06. The van der Waals surface area contributed by atoms with Crippen LogP contribution in [0.15, 0.2) is 22.5 Å². The lowest BCUT2D eigenvalue weighted by Gasteiger charge is -2.25. The maximum atomic E-state index is 4.81. The Hall–Kier alpha value is -1.89. The van der Waals surface area contributed by atoms with E-state index in [1.165, 1.54) is 4.88 Å². The summed E-state index contributed by atoms with van der Waals surface area (Å²) in [4.78, 5) is 10.9. The van der Waals surface area contributed by atoms with Crippen molar-refractivity contribution < 1.29 is 0 Å². The number of rotatable bonds is 6. The molecule has 6 nitrogen and oxygen atoms in total. The smallest absolute Gasteiger partial charge is 0.191 e. The van der Waals surface area contributed by atoms with Gasteiger partial charge in [0.25, 0.3) is 0 Å². The van der Waals surface area contributed by atoms with Crippen LogP contribution in [0.3, 0.4) is 0 Å². The number of nitrogens with one attached hydrogen (secondary N) is 2. The molecule has 0 saturated carbocycles. The van der Waals surface area contributed by atoms with E-state index in [1.54, 1.807) is 11.3 Å². The van der Waals surface area contributed by atoms with Crippen LogP contribution in [0, 0.1) is 0 Å². The summed E-state index contributed by atoms with van der Waals surface area (Å²) in [5.41, 5.74) is 0. The molecule has 0 aliphatic carbocycles. The van der Waals surface area contributed by atoms with Crippen LogP contribution < -0.4 is 10.6 Å². The van der Waals surface area contributed by atoms with Crippen LogP contribution in [-0.4, -0.2) is 39.9 Å². The topological polar surface area (TPSA) is 67.1 Å². The van der Waals surface area contributed by atoms with Crippen LogP contribution in [0.25, 0.3) is 0 Å². The summed E-state index contributed by atoms with van der Waals surface area (Å²) in [7, 11) is 0. The van der Waals surface area contributed by atoms with Crippen molar-refractivity contribution in [2.45, 2.75) is 65.0 Å². The van der Waals surface area contributed by atoms with E-state index >= 15 is 0 Å². The van der Waals surface area contributed by atoms with Gasteiger partial charge < -0.3 is 10.6 Å². The van der Waals surface area contributed by atoms with Crippen LogP contribution in [0.5, 0.6) is 0 Å². The van der Waals surface area contributed by atoms with E-state index in [0.717, 1.165) is 50.1 Å². The molecule has 3 heterocycles. The molecule has 142 valence electrons. The molecular weight excluding hydrogens is 344 g/mol. The maximum Gasteiger partial charge on any atom is 0.191 e. The molecule has 2 aromatic heterocycles. The van der Waals surface area contributed by atoms with E-state index < -0.39 is 0 Å². The highest BCUT2D eigenvalue weighted by Gasteiger charge is 2.23. The van der Waals surface area contributed by atoms with Crippen molar-refractivity contribution in [3.63, 3.8) is 0 Å². The molecule has 2 N–H and O–H groups in total. The monoisotopic (exact) mass is 374 g/mol. The zero-order valence-electron chi connectivity index (χ0n) is 16.2. The Kier molecular flexibility index (Phi) is 6.29. The second-order valence-corrected chi connectivity index (χ2v) is 8.22. The van der Waals surface area contributed by atoms with E-state index in [1.807, 2.05) is 0 Å². The van der Waals surface area contributed by atoms with E-state index in [9.17, 15) is 0 Å². The quantitative estimate of drug-likeness (QED) is 0.602. The third-order valence-corrected chi connectivity index (χ3v) is 5.73. The zero-order valence-corrected chi connectivity index (χ0v) is 17.0. The summed E-state index contributed by atoms with van der Waals surface area (Å²) in [5.74, 6) is 3.77. The lowest BCUT2D eigenvalue weighted by molar-refractivity contribution is 0.391. The van der Waals surface area contributed by atoms with Gasteiger partial charge in [0.05, 0.1) is 13.1 Å². The molecule has 2 atom stereocenters. The zero-order chi connectivity index (χ0) is 18.5. The minimum absolute atomic E-state index is 0.332. The van der Waals surface area contributed by atoms with Crippen molar-refractivity contribution in [1.82, 2.24) is 25.4 Å². The predicted molar refractivity (Wildman–Crippen MR) is 108 cm³/mol. The Balaban J connectivity index is 1.61. The summed E-state index contributed by atoms with van der Waals surface area (Å²) in [6.45, 7) is 11.1. The molecule has 1 aliphatic rings. The van der Waals surface area contributed by atoms with Gasteiger partial charge in [0.1, 0.15) is 5.82 Å². The number of thiophene rings is 1.